The maximum Gasteiger partial charge on any atom is 0.338 e. The smallest absolute Gasteiger partial charge is 0.338 e. The van der Waals surface area contributed by atoms with Gasteiger partial charge < -0.3 is 14.4 Å². The Bertz CT molecular complexity index is 1990. The summed E-state index contributed by atoms with van der Waals surface area (Å²) in [5.41, 5.74) is 3.42. The van der Waals surface area contributed by atoms with Crippen LogP contribution in [0.15, 0.2) is 93.9 Å². The van der Waals surface area contributed by atoms with Crippen LogP contribution in [0.25, 0.3) is 5.57 Å². The molecule has 8 nitrogen and oxygen atoms in total. The minimum Gasteiger partial charge on any atom is -0.497 e. The number of fused-ring (bicyclic) bond motifs is 2. The molecule has 218 valence electrons. The van der Waals surface area contributed by atoms with Gasteiger partial charge in [0.2, 0.25) is 0 Å². The van der Waals surface area contributed by atoms with Gasteiger partial charge in [-0.1, -0.05) is 71.5 Å². The Hall–Kier alpha value is -4.47. The molecule has 0 aliphatic carbocycles. The fraction of sp³-hybridized carbons (Fsp3) is 0.212. The second-order valence-corrected chi connectivity index (χ2v) is 11.9. The fourth-order valence-corrected chi connectivity index (χ4v) is 6.80. The lowest BCUT2D eigenvalue weighted by Gasteiger charge is -2.25. The average molecular weight is 614 g/mol. The molecule has 1 aromatic heterocycles. The van der Waals surface area contributed by atoms with Crippen LogP contribution in [-0.2, 0) is 20.9 Å². The number of hydrogen-bond donors (Lipinski definition) is 0. The van der Waals surface area contributed by atoms with Crippen LogP contribution in [0.4, 0.5) is 5.69 Å². The van der Waals surface area contributed by atoms with E-state index in [1.807, 2.05) is 54.6 Å². The Morgan fingerprint density at radius 2 is 1.72 bits per heavy atom. The molecule has 3 heterocycles. The third kappa shape index (κ3) is 4.98. The highest BCUT2D eigenvalue weighted by Crippen LogP contribution is 2.37. The Kier molecular flexibility index (Phi) is 7.54. The van der Waals surface area contributed by atoms with Gasteiger partial charge in [-0.2, -0.15) is 0 Å². The van der Waals surface area contributed by atoms with Crippen molar-refractivity contribution in [1.82, 2.24) is 4.57 Å². The van der Waals surface area contributed by atoms with E-state index in [2.05, 4.69) is 4.99 Å². The number of nitrogens with zero attached hydrogens (tertiary/aromatic N) is 3. The van der Waals surface area contributed by atoms with Gasteiger partial charge in [0.15, 0.2) is 4.80 Å². The number of amides is 1. The van der Waals surface area contributed by atoms with E-state index in [9.17, 15) is 14.4 Å². The number of carbonyl (C=O) groups is 2. The number of aromatic nitrogens is 1. The van der Waals surface area contributed by atoms with Crippen LogP contribution in [-0.4, -0.2) is 29.7 Å². The molecule has 1 unspecified atom stereocenters. The maximum absolute atomic E-state index is 14.4. The highest BCUT2D eigenvalue weighted by Gasteiger charge is 2.37. The summed E-state index contributed by atoms with van der Waals surface area (Å²) in [6.07, 6.45) is -0.368. The Morgan fingerprint density at radius 3 is 2.42 bits per heavy atom. The van der Waals surface area contributed by atoms with Crippen molar-refractivity contribution in [1.29, 1.82) is 0 Å². The van der Waals surface area contributed by atoms with E-state index < -0.39 is 17.6 Å². The molecule has 0 saturated carbocycles. The predicted molar refractivity (Wildman–Crippen MR) is 166 cm³/mol. The van der Waals surface area contributed by atoms with E-state index in [0.717, 1.165) is 16.9 Å². The number of rotatable bonds is 6. The standard InChI is InChI=1S/C33H28ClN3O5S/c1-18(2)42-32(40)26-19(3)35-33-37(28(26)20-13-15-22(41-4)16-14-20)31(39)29(43-33)27-23-10-6-8-12-25(23)36(30(27)38)17-21-9-5-7-11-24(21)34/h5-16,18,28H,17H2,1-4H3/b29-27-. The first-order valence-corrected chi connectivity index (χ1v) is 14.9. The van der Waals surface area contributed by atoms with E-state index in [4.69, 9.17) is 21.1 Å². The molecule has 1 amide bonds. The molecule has 0 radical (unpaired) electrons. The zero-order valence-electron chi connectivity index (χ0n) is 24.0. The van der Waals surface area contributed by atoms with Gasteiger partial charge in [-0.05, 0) is 56.2 Å². The van der Waals surface area contributed by atoms with Crippen molar-refractivity contribution in [2.75, 3.05) is 12.0 Å². The van der Waals surface area contributed by atoms with Crippen molar-refractivity contribution in [2.45, 2.75) is 39.5 Å². The van der Waals surface area contributed by atoms with E-state index >= 15 is 0 Å². The lowest BCUT2D eigenvalue weighted by molar-refractivity contribution is -0.143. The summed E-state index contributed by atoms with van der Waals surface area (Å²) in [6.45, 7) is 5.51. The molecule has 0 fully saturated rings. The van der Waals surface area contributed by atoms with Crippen LogP contribution in [0, 0.1) is 0 Å². The minimum absolute atomic E-state index is 0.246. The summed E-state index contributed by atoms with van der Waals surface area (Å²) in [5, 5.41) is 0.552. The molecule has 4 aromatic rings. The number of carbonyl (C=O) groups excluding carboxylic acids is 2. The van der Waals surface area contributed by atoms with E-state index in [1.54, 1.807) is 51.0 Å². The van der Waals surface area contributed by atoms with Gasteiger partial charge >= 0.3 is 5.97 Å². The van der Waals surface area contributed by atoms with Crippen LogP contribution in [0.2, 0.25) is 5.02 Å². The molecule has 3 aromatic carbocycles. The van der Waals surface area contributed by atoms with Crippen molar-refractivity contribution < 1.29 is 19.1 Å². The molecule has 10 heteroatoms. The second-order valence-electron chi connectivity index (χ2n) is 10.5. The number of para-hydroxylation sites is 1. The summed E-state index contributed by atoms with van der Waals surface area (Å²) in [7, 11) is 1.57. The van der Waals surface area contributed by atoms with Gasteiger partial charge in [0.25, 0.3) is 11.5 Å². The Morgan fingerprint density at radius 1 is 1.02 bits per heavy atom. The number of benzene rings is 3. The van der Waals surface area contributed by atoms with Crippen LogP contribution in [0.5, 0.6) is 5.75 Å². The molecule has 2 aliphatic heterocycles. The van der Waals surface area contributed by atoms with Gasteiger partial charge in [-0.15, -0.1) is 0 Å². The molecule has 43 heavy (non-hydrogen) atoms. The summed E-state index contributed by atoms with van der Waals surface area (Å²) in [5.74, 6) is -0.220. The van der Waals surface area contributed by atoms with Crippen molar-refractivity contribution in [3.05, 3.63) is 125 Å². The first kappa shape index (κ1) is 28.6. The summed E-state index contributed by atoms with van der Waals surface area (Å²) in [6, 6.07) is 21.1. The quantitative estimate of drug-likeness (QED) is 0.292. The number of esters is 1. The normalized spacial score (nSPS) is 17.1. The zero-order valence-corrected chi connectivity index (χ0v) is 25.5. The van der Waals surface area contributed by atoms with E-state index in [0.29, 0.717) is 43.7 Å². The number of allylic oxidation sites excluding steroid dienone is 1. The molecular weight excluding hydrogens is 586 g/mol. The van der Waals surface area contributed by atoms with Gasteiger partial charge in [0.1, 0.15) is 10.3 Å². The number of halogens is 1. The Labute approximate surface area is 256 Å². The lowest BCUT2D eigenvalue weighted by Crippen LogP contribution is -2.41. The molecule has 0 N–H and O–H groups in total. The van der Waals surface area contributed by atoms with Gasteiger partial charge in [0.05, 0.1) is 48.3 Å². The Balaban J connectivity index is 1.57. The molecule has 2 aliphatic rings. The number of hydrogen-bond acceptors (Lipinski definition) is 7. The van der Waals surface area contributed by atoms with Crippen molar-refractivity contribution in [3.63, 3.8) is 0 Å². The van der Waals surface area contributed by atoms with Crippen LogP contribution in [0.1, 0.15) is 43.5 Å². The topological polar surface area (TPSA) is 90.2 Å². The fourth-order valence-electron chi connectivity index (χ4n) is 5.47. The average Bonchev–Trinajstić information content (AvgIpc) is 3.45. The number of thiazole rings is 1. The molecule has 0 spiro atoms. The molecular formula is C33H28ClN3O5S. The van der Waals surface area contributed by atoms with Crippen molar-refractivity contribution in [3.8, 4) is 5.75 Å². The third-order valence-electron chi connectivity index (χ3n) is 7.43. The van der Waals surface area contributed by atoms with Gasteiger partial charge in [-0.3, -0.25) is 14.2 Å². The summed E-state index contributed by atoms with van der Waals surface area (Å²) >= 11 is 7.58. The summed E-state index contributed by atoms with van der Waals surface area (Å²) in [4.78, 5) is 48.6. The molecule has 6 rings (SSSR count). The molecule has 0 bridgehead atoms. The minimum atomic E-state index is -0.811. The molecule has 0 saturated heterocycles. The van der Waals surface area contributed by atoms with E-state index in [-0.39, 0.29) is 28.7 Å². The maximum atomic E-state index is 14.4. The van der Waals surface area contributed by atoms with Crippen molar-refractivity contribution >= 4 is 46.1 Å². The third-order valence-corrected chi connectivity index (χ3v) is 8.85. The van der Waals surface area contributed by atoms with Crippen molar-refractivity contribution in [2.24, 2.45) is 4.99 Å². The predicted octanol–water partition coefficient (Wildman–Crippen LogP) is 4.77. The molecule has 1 atom stereocenters. The van der Waals surface area contributed by atoms with Crippen LogP contribution in [0.3, 0.4) is 0 Å². The number of methoxy groups -OCH3 is 1. The van der Waals surface area contributed by atoms with Gasteiger partial charge in [0, 0.05) is 10.6 Å². The highest BCUT2D eigenvalue weighted by molar-refractivity contribution is 7.07. The van der Waals surface area contributed by atoms with Crippen LogP contribution < -0.4 is 24.5 Å². The zero-order chi connectivity index (χ0) is 30.4. The van der Waals surface area contributed by atoms with Gasteiger partial charge in [-0.25, -0.2) is 9.79 Å². The monoisotopic (exact) mass is 613 g/mol. The highest BCUT2D eigenvalue weighted by atomic mass is 35.5. The number of ether oxygens (including phenoxy) is 2. The SMILES string of the molecule is COc1ccc(C2C(C(=O)OC(C)C)=C(C)N=c3s/c(=C4\C(=O)N(Cc5ccccc5Cl)c5ccccc54)c(=O)n32)cc1. The van der Waals surface area contributed by atoms with Crippen LogP contribution >= 0.6 is 22.9 Å². The largest absolute Gasteiger partial charge is 0.497 e. The summed E-state index contributed by atoms with van der Waals surface area (Å²) < 4.78 is 12.7. The first-order valence-electron chi connectivity index (χ1n) is 13.7. The number of anilines is 1. The second kappa shape index (κ2) is 11.3. The van der Waals surface area contributed by atoms with E-state index in [1.165, 1.54) is 4.57 Å². The first-order chi connectivity index (χ1) is 20.7. The lowest BCUT2D eigenvalue weighted by atomic mass is 9.95.